The molecule has 0 radical (unpaired) electrons. The standard InChI is InChI=1S/C10H20N2O/c1-2-3-4-5-10(13)12-8-6-11-7-9-12/h11H,2-9H2,1H3. The van der Waals surface area contributed by atoms with Crippen molar-refractivity contribution in [3.05, 3.63) is 0 Å². The Bertz CT molecular complexity index is 153. The summed E-state index contributed by atoms with van der Waals surface area (Å²) in [6, 6.07) is 0. The Morgan fingerprint density at radius 1 is 1.31 bits per heavy atom. The minimum Gasteiger partial charge on any atom is -0.340 e. The van der Waals surface area contributed by atoms with Crippen molar-refractivity contribution in [1.82, 2.24) is 10.2 Å². The first-order valence-electron chi connectivity index (χ1n) is 5.33. The van der Waals surface area contributed by atoms with Crippen LogP contribution in [0.1, 0.15) is 32.6 Å². The summed E-state index contributed by atoms with van der Waals surface area (Å²) in [6.45, 7) is 5.87. The quantitative estimate of drug-likeness (QED) is 0.661. The summed E-state index contributed by atoms with van der Waals surface area (Å²) < 4.78 is 0. The van der Waals surface area contributed by atoms with E-state index < -0.39 is 0 Å². The molecule has 0 spiro atoms. The van der Waals surface area contributed by atoms with Gasteiger partial charge in [-0.1, -0.05) is 19.8 Å². The maximum absolute atomic E-state index is 11.6. The van der Waals surface area contributed by atoms with Gasteiger partial charge in [-0.3, -0.25) is 4.79 Å². The van der Waals surface area contributed by atoms with Crippen LogP contribution >= 0.6 is 0 Å². The maximum atomic E-state index is 11.6. The number of hydrogen-bond donors (Lipinski definition) is 1. The van der Waals surface area contributed by atoms with Gasteiger partial charge in [-0.25, -0.2) is 0 Å². The SMILES string of the molecule is CCCCCC(=O)N1CCNCC1. The van der Waals surface area contributed by atoms with Gasteiger partial charge in [0.05, 0.1) is 0 Å². The predicted molar refractivity (Wildman–Crippen MR) is 53.6 cm³/mol. The molecule has 0 aromatic carbocycles. The summed E-state index contributed by atoms with van der Waals surface area (Å²) in [5, 5.41) is 3.24. The van der Waals surface area contributed by atoms with E-state index in [9.17, 15) is 4.79 Å². The fourth-order valence-corrected chi connectivity index (χ4v) is 1.60. The van der Waals surface area contributed by atoms with Crippen LogP contribution < -0.4 is 5.32 Å². The van der Waals surface area contributed by atoms with Crippen molar-refractivity contribution in [3.8, 4) is 0 Å². The van der Waals surface area contributed by atoms with Crippen molar-refractivity contribution in [2.45, 2.75) is 32.6 Å². The second-order valence-corrected chi connectivity index (χ2v) is 3.59. The van der Waals surface area contributed by atoms with Crippen molar-refractivity contribution in [1.29, 1.82) is 0 Å². The second-order valence-electron chi connectivity index (χ2n) is 3.59. The van der Waals surface area contributed by atoms with Gasteiger partial charge in [0, 0.05) is 32.6 Å². The third-order valence-corrected chi connectivity index (χ3v) is 2.46. The van der Waals surface area contributed by atoms with Gasteiger partial charge in [0.2, 0.25) is 5.91 Å². The number of amides is 1. The number of rotatable bonds is 4. The van der Waals surface area contributed by atoms with E-state index in [2.05, 4.69) is 12.2 Å². The van der Waals surface area contributed by atoms with Gasteiger partial charge in [-0.05, 0) is 6.42 Å². The smallest absolute Gasteiger partial charge is 0.222 e. The molecule has 3 nitrogen and oxygen atoms in total. The lowest BCUT2D eigenvalue weighted by atomic mass is 10.2. The number of unbranched alkanes of at least 4 members (excludes halogenated alkanes) is 2. The summed E-state index contributed by atoms with van der Waals surface area (Å²) in [5.74, 6) is 0.343. The molecule has 0 aliphatic carbocycles. The lowest BCUT2D eigenvalue weighted by Gasteiger charge is -2.27. The minimum absolute atomic E-state index is 0.343. The molecule has 0 unspecified atom stereocenters. The topological polar surface area (TPSA) is 32.3 Å². The average molecular weight is 184 g/mol. The number of carbonyl (C=O) groups excluding carboxylic acids is 1. The van der Waals surface area contributed by atoms with Crippen LogP contribution in [0.3, 0.4) is 0 Å². The summed E-state index contributed by atoms with van der Waals surface area (Å²) in [6.07, 6.45) is 4.17. The van der Waals surface area contributed by atoms with E-state index in [0.717, 1.165) is 39.0 Å². The first kappa shape index (κ1) is 10.5. The van der Waals surface area contributed by atoms with Crippen LogP contribution in [0.2, 0.25) is 0 Å². The third-order valence-electron chi connectivity index (χ3n) is 2.46. The van der Waals surface area contributed by atoms with E-state index in [1.807, 2.05) is 4.90 Å². The van der Waals surface area contributed by atoms with Crippen molar-refractivity contribution in [3.63, 3.8) is 0 Å². The Kier molecular flexibility index (Phi) is 4.83. The van der Waals surface area contributed by atoms with Crippen molar-refractivity contribution in [2.75, 3.05) is 26.2 Å². The molecule has 0 bridgehead atoms. The van der Waals surface area contributed by atoms with Crippen LogP contribution in [0.4, 0.5) is 0 Å². The average Bonchev–Trinajstić information content (AvgIpc) is 2.19. The molecule has 1 aliphatic rings. The van der Waals surface area contributed by atoms with Crippen LogP contribution in [0, 0.1) is 0 Å². The highest BCUT2D eigenvalue weighted by Gasteiger charge is 2.14. The molecule has 13 heavy (non-hydrogen) atoms. The number of nitrogens with zero attached hydrogens (tertiary/aromatic N) is 1. The fourth-order valence-electron chi connectivity index (χ4n) is 1.60. The largest absolute Gasteiger partial charge is 0.340 e. The molecule has 1 rings (SSSR count). The molecule has 0 aromatic heterocycles. The lowest BCUT2D eigenvalue weighted by molar-refractivity contribution is -0.131. The summed E-state index contributed by atoms with van der Waals surface area (Å²) in [4.78, 5) is 13.5. The van der Waals surface area contributed by atoms with E-state index >= 15 is 0 Å². The number of nitrogens with one attached hydrogen (secondary N) is 1. The molecule has 1 fully saturated rings. The summed E-state index contributed by atoms with van der Waals surface area (Å²) in [7, 11) is 0. The van der Waals surface area contributed by atoms with Gasteiger partial charge in [-0.15, -0.1) is 0 Å². The van der Waals surface area contributed by atoms with Gasteiger partial charge < -0.3 is 10.2 Å². The van der Waals surface area contributed by atoms with E-state index in [4.69, 9.17) is 0 Å². The second kappa shape index (κ2) is 5.97. The van der Waals surface area contributed by atoms with Gasteiger partial charge in [0.15, 0.2) is 0 Å². The van der Waals surface area contributed by atoms with Crippen LogP contribution in [-0.4, -0.2) is 37.0 Å². The van der Waals surface area contributed by atoms with Crippen LogP contribution in [0.15, 0.2) is 0 Å². The molecule has 1 heterocycles. The van der Waals surface area contributed by atoms with E-state index in [0.29, 0.717) is 5.91 Å². The predicted octanol–water partition coefficient (Wildman–Crippen LogP) is 0.998. The molecular weight excluding hydrogens is 164 g/mol. The Balaban J connectivity index is 2.13. The Morgan fingerprint density at radius 2 is 2.00 bits per heavy atom. The fraction of sp³-hybridized carbons (Fsp3) is 0.900. The van der Waals surface area contributed by atoms with E-state index in [1.165, 1.54) is 12.8 Å². The minimum atomic E-state index is 0.343. The Morgan fingerprint density at radius 3 is 2.62 bits per heavy atom. The molecule has 76 valence electrons. The zero-order chi connectivity index (χ0) is 9.52. The molecule has 1 amide bonds. The van der Waals surface area contributed by atoms with Gasteiger partial charge in [0.1, 0.15) is 0 Å². The molecular formula is C10H20N2O. The summed E-state index contributed by atoms with van der Waals surface area (Å²) in [5.41, 5.74) is 0. The summed E-state index contributed by atoms with van der Waals surface area (Å²) >= 11 is 0. The molecule has 0 aromatic rings. The Hall–Kier alpha value is -0.570. The molecule has 0 atom stereocenters. The highest BCUT2D eigenvalue weighted by molar-refractivity contribution is 5.76. The van der Waals surface area contributed by atoms with Crippen LogP contribution in [-0.2, 0) is 4.79 Å². The first-order valence-corrected chi connectivity index (χ1v) is 5.33. The third kappa shape index (κ3) is 3.77. The lowest BCUT2D eigenvalue weighted by Crippen LogP contribution is -2.46. The highest BCUT2D eigenvalue weighted by Crippen LogP contribution is 2.03. The van der Waals surface area contributed by atoms with Crippen LogP contribution in [0.25, 0.3) is 0 Å². The molecule has 3 heteroatoms. The van der Waals surface area contributed by atoms with Crippen molar-refractivity contribution >= 4 is 5.91 Å². The van der Waals surface area contributed by atoms with Crippen LogP contribution in [0.5, 0.6) is 0 Å². The number of piperazine rings is 1. The molecule has 1 aliphatic heterocycles. The zero-order valence-corrected chi connectivity index (χ0v) is 8.51. The van der Waals surface area contributed by atoms with Gasteiger partial charge in [0.25, 0.3) is 0 Å². The highest BCUT2D eigenvalue weighted by atomic mass is 16.2. The molecule has 1 N–H and O–H groups in total. The normalized spacial score (nSPS) is 17.5. The Labute approximate surface area is 80.5 Å². The van der Waals surface area contributed by atoms with Gasteiger partial charge in [-0.2, -0.15) is 0 Å². The maximum Gasteiger partial charge on any atom is 0.222 e. The monoisotopic (exact) mass is 184 g/mol. The molecule has 1 saturated heterocycles. The van der Waals surface area contributed by atoms with Crippen molar-refractivity contribution in [2.24, 2.45) is 0 Å². The van der Waals surface area contributed by atoms with Crippen molar-refractivity contribution < 1.29 is 4.79 Å². The van der Waals surface area contributed by atoms with E-state index in [1.54, 1.807) is 0 Å². The number of hydrogen-bond acceptors (Lipinski definition) is 2. The number of carbonyl (C=O) groups is 1. The zero-order valence-electron chi connectivity index (χ0n) is 8.51. The first-order chi connectivity index (χ1) is 6.34. The molecule has 0 saturated carbocycles. The van der Waals surface area contributed by atoms with E-state index in [-0.39, 0.29) is 0 Å². The van der Waals surface area contributed by atoms with Gasteiger partial charge >= 0.3 is 0 Å².